The number of carbonyl (C=O) groups excluding carboxylic acids is 2. The first-order chi connectivity index (χ1) is 15.4. The first kappa shape index (κ1) is 20.4. The number of nitrogens with zero attached hydrogens (tertiary/aromatic N) is 4. The molecule has 2 aliphatic rings. The topological polar surface area (TPSA) is 76.4 Å². The Labute approximate surface area is 186 Å². The summed E-state index contributed by atoms with van der Waals surface area (Å²) in [6.45, 7) is 5.93. The molecule has 0 radical (unpaired) electrons. The van der Waals surface area contributed by atoms with Gasteiger partial charge in [-0.3, -0.25) is 9.59 Å². The number of pyridine rings is 1. The Bertz CT molecular complexity index is 1180. The van der Waals surface area contributed by atoms with Gasteiger partial charge < -0.3 is 19.3 Å². The van der Waals surface area contributed by atoms with Crippen molar-refractivity contribution in [1.82, 2.24) is 19.4 Å². The van der Waals surface area contributed by atoms with E-state index in [9.17, 15) is 9.59 Å². The summed E-state index contributed by atoms with van der Waals surface area (Å²) in [6, 6.07) is 11.4. The number of rotatable bonds is 4. The molecular weight excluding hydrogens is 408 g/mol. The van der Waals surface area contributed by atoms with Crippen LogP contribution in [0, 0.1) is 0 Å². The minimum absolute atomic E-state index is 0.0533. The van der Waals surface area contributed by atoms with Gasteiger partial charge in [0, 0.05) is 44.4 Å². The lowest BCUT2D eigenvalue weighted by Gasteiger charge is -2.34. The summed E-state index contributed by atoms with van der Waals surface area (Å²) in [5, 5.41) is 4.24. The Morgan fingerprint density at radius 3 is 2.66 bits per heavy atom. The summed E-state index contributed by atoms with van der Waals surface area (Å²) < 4.78 is 13.5. The van der Waals surface area contributed by atoms with E-state index in [-0.39, 0.29) is 24.0 Å². The molecule has 0 bridgehead atoms. The van der Waals surface area contributed by atoms with Gasteiger partial charge in [0.15, 0.2) is 18.1 Å². The lowest BCUT2D eigenvalue weighted by molar-refractivity contribution is -0.134. The molecule has 0 N–H and O–H groups in total. The largest absolute Gasteiger partial charge is 0.483 e. The Balaban J connectivity index is 1.17. The first-order valence-corrected chi connectivity index (χ1v) is 10.8. The zero-order chi connectivity index (χ0) is 22.3. The second-order valence-electron chi connectivity index (χ2n) is 8.83. The van der Waals surface area contributed by atoms with Crippen LogP contribution in [0.5, 0.6) is 11.5 Å². The summed E-state index contributed by atoms with van der Waals surface area (Å²) in [6.07, 6.45) is 4.23. The fourth-order valence-electron chi connectivity index (χ4n) is 4.36. The number of hydrogen-bond acceptors (Lipinski definition) is 5. The number of hydrogen-bond donors (Lipinski definition) is 0. The Hall–Kier alpha value is -3.55. The minimum atomic E-state index is -0.268. The van der Waals surface area contributed by atoms with Gasteiger partial charge in [0.25, 0.3) is 11.8 Å². The molecule has 8 nitrogen and oxygen atoms in total. The lowest BCUT2D eigenvalue weighted by atomic mass is 10.0. The molecule has 2 amide bonds. The molecular formula is C24H26N4O4. The van der Waals surface area contributed by atoms with E-state index in [2.05, 4.69) is 5.10 Å². The van der Waals surface area contributed by atoms with Crippen molar-refractivity contribution in [3.8, 4) is 11.5 Å². The third-order valence-electron chi connectivity index (χ3n) is 5.98. The second-order valence-corrected chi connectivity index (χ2v) is 8.83. The molecule has 1 saturated heterocycles. The molecule has 2 aliphatic heterocycles. The van der Waals surface area contributed by atoms with Crippen LogP contribution in [-0.2, 0) is 11.2 Å². The molecule has 5 rings (SSSR count). The maximum atomic E-state index is 13.0. The van der Waals surface area contributed by atoms with Crippen LogP contribution in [-0.4, -0.2) is 69.6 Å². The third-order valence-corrected chi connectivity index (χ3v) is 5.98. The maximum absolute atomic E-state index is 13.0. The van der Waals surface area contributed by atoms with E-state index in [1.807, 2.05) is 56.4 Å². The molecule has 166 valence electrons. The van der Waals surface area contributed by atoms with E-state index in [0.717, 1.165) is 23.3 Å². The molecule has 4 heterocycles. The summed E-state index contributed by atoms with van der Waals surface area (Å²) in [5.74, 6) is 1.18. The molecule has 32 heavy (non-hydrogen) atoms. The van der Waals surface area contributed by atoms with Crippen molar-refractivity contribution >= 4 is 17.3 Å². The lowest BCUT2D eigenvalue weighted by Crippen LogP contribution is -2.51. The number of ether oxygens (including phenoxy) is 2. The highest BCUT2D eigenvalue weighted by atomic mass is 16.5. The van der Waals surface area contributed by atoms with Crippen molar-refractivity contribution in [3.05, 3.63) is 59.9 Å². The summed E-state index contributed by atoms with van der Waals surface area (Å²) >= 11 is 0. The normalized spacial score (nSPS) is 17.2. The van der Waals surface area contributed by atoms with Gasteiger partial charge in [-0.05, 0) is 32.0 Å². The van der Waals surface area contributed by atoms with E-state index in [0.29, 0.717) is 37.5 Å². The minimum Gasteiger partial charge on any atom is -0.483 e. The summed E-state index contributed by atoms with van der Waals surface area (Å²) in [7, 11) is 0. The molecule has 8 heteroatoms. The molecule has 0 unspecified atom stereocenters. The highest BCUT2D eigenvalue weighted by Gasteiger charge is 2.33. The molecule has 2 aromatic heterocycles. The van der Waals surface area contributed by atoms with Gasteiger partial charge in [0.2, 0.25) is 0 Å². The van der Waals surface area contributed by atoms with Gasteiger partial charge >= 0.3 is 0 Å². The zero-order valence-electron chi connectivity index (χ0n) is 18.3. The van der Waals surface area contributed by atoms with Crippen molar-refractivity contribution in [2.75, 3.05) is 32.8 Å². The number of carbonyl (C=O) groups is 2. The number of piperazine rings is 1. The highest BCUT2D eigenvalue weighted by Crippen LogP contribution is 2.41. The molecule has 1 fully saturated rings. The number of aromatic nitrogens is 2. The van der Waals surface area contributed by atoms with Crippen LogP contribution >= 0.6 is 0 Å². The molecule has 0 aliphatic carbocycles. The van der Waals surface area contributed by atoms with Crippen LogP contribution < -0.4 is 9.47 Å². The van der Waals surface area contributed by atoms with Crippen LogP contribution in [0.2, 0.25) is 0 Å². The zero-order valence-corrected chi connectivity index (χ0v) is 18.3. The van der Waals surface area contributed by atoms with E-state index in [4.69, 9.17) is 9.47 Å². The van der Waals surface area contributed by atoms with Crippen LogP contribution in [0.25, 0.3) is 5.52 Å². The van der Waals surface area contributed by atoms with Gasteiger partial charge in [-0.2, -0.15) is 5.10 Å². The number of para-hydroxylation sites is 1. The first-order valence-electron chi connectivity index (χ1n) is 10.8. The smallest absolute Gasteiger partial charge is 0.260 e. The predicted molar refractivity (Wildman–Crippen MR) is 118 cm³/mol. The summed E-state index contributed by atoms with van der Waals surface area (Å²) in [4.78, 5) is 29.2. The van der Waals surface area contributed by atoms with Crippen molar-refractivity contribution in [1.29, 1.82) is 0 Å². The Morgan fingerprint density at radius 1 is 1.06 bits per heavy atom. The van der Waals surface area contributed by atoms with Crippen LogP contribution in [0.1, 0.15) is 29.8 Å². The summed E-state index contributed by atoms with van der Waals surface area (Å²) in [5.41, 5.74) is 2.19. The van der Waals surface area contributed by atoms with Gasteiger partial charge in [-0.25, -0.2) is 4.52 Å². The van der Waals surface area contributed by atoms with Crippen LogP contribution in [0.15, 0.2) is 48.8 Å². The van der Waals surface area contributed by atoms with Crippen LogP contribution in [0.3, 0.4) is 0 Å². The molecule has 1 aromatic carbocycles. The standard InChI is InChI=1S/C24H26N4O4/c1-24(2)14-17-6-5-8-20(22(17)32-24)31-16-21(29)26-10-12-27(13-11-26)23(30)18-15-25-28-9-4-3-7-19(18)28/h3-9,15H,10-14,16H2,1-2H3. The monoisotopic (exact) mass is 434 g/mol. The average molecular weight is 434 g/mol. The van der Waals surface area contributed by atoms with Crippen molar-refractivity contribution in [2.45, 2.75) is 25.9 Å². The predicted octanol–water partition coefficient (Wildman–Crippen LogP) is 2.41. The Morgan fingerprint density at radius 2 is 1.84 bits per heavy atom. The van der Waals surface area contributed by atoms with E-state index in [1.54, 1.807) is 20.5 Å². The fourth-order valence-corrected chi connectivity index (χ4v) is 4.36. The SMILES string of the molecule is CC1(C)Cc2cccc(OCC(=O)N3CCN(C(=O)c4cnn5ccccc45)CC3)c2O1. The van der Waals surface area contributed by atoms with Crippen molar-refractivity contribution in [3.63, 3.8) is 0 Å². The Kier molecular flexibility index (Phi) is 5.00. The van der Waals surface area contributed by atoms with E-state index < -0.39 is 0 Å². The highest BCUT2D eigenvalue weighted by molar-refractivity contribution is 6.00. The van der Waals surface area contributed by atoms with Crippen molar-refractivity contribution in [2.24, 2.45) is 0 Å². The quantitative estimate of drug-likeness (QED) is 0.630. The number of amides is 2. The number of fused-ring (bicyclic) bond motifs is 2. The van der Waals surface area contributed by atoms with Crippen LogP contribution in [0.4, 0.5) is 0 Å². The average Bonchev–Trinajstić information content (AvgIpc) is 3.36. The molecule has 3 aromatic rings. The molecule has 0 spiro atoms. The maximum Gasteiger partial charge on any atom is 0.260 e. The number of benzene rings is 1. The molecule has 0 atom stereocenters. The van der Waals surface area contributed by atoms with Gasteiger partial charge in [0.05, 0.1) is 17.3 Å². The molecule has 0 saturated carbocycles. The van der Waals surface area contributed by atoms with Gasteiger partial charge in [-0.1, -0.05) is 18.2 Å². The van der Waals surface area contributed by atoms with Gasteiger partial charge in [0.1, 0.15) is 5.60 Å². The third kappa shape index (κ3) is 3.77. The van der Waals surface area contributed by atoms with E-state index >= 15 is 0 Å². The second kappa shape index (κ2) is 7.85. The van der Waals surface area contributed by atoms with E-state index in [1.165, 1.54) is 0 Å². The fraction of sp³-hybridized carbons (Fsp3) is 0.375. The van der Waals surface area contributed by atoms with Crippen molar-refractivity contribution < 1.29 is 19.1 Å². The van der Waals surface area contributed by atoms with Gasteiger partial charge in [-0.15, -0.1) is 0 Å².